The Hall–Kier alpha value is -1.95. The molecule has 3 aromatic rings. The molecule has 0 N–H and O–H groups in total. The van der Waals surface area contributed by atoms with E-state index >= 15 is 0 Å². The van der Waals surface area contributed by atoms with E-state index in [1.165, 1.54) is 16.9 Å². The quantitative estimate of drug-likeness (QED) is 0.475. The van der Waals surface area contributed by atoms with E-state index in [1.807, 2.05) is 23.1 Å². The summed E-state index contributed by atoms with van der Waals surface area (Å²) in [5, 5.41) is 1.42. The van der Waals surface area contributed by atoms with Crippen LogP contribution in [0.4, 0.5) is 5.13 Å². The predicted octanol–water partition coefficient (Wildman–Crippen LogP) is 5.48. The number of carbonyl (C=O) groups is 1. The number of benzene rings is 2. The zero-order valence-corrected chi connectivity index (χ0v) is 19.1. The molecular formula is C23H28ClN3OS. The van der Waals surface area contributed by atoms with Crippen molar-refractivity contribution in [1.29, 1.82) is 0 Å². The van der Waals surface area contributed by atoms with Gasteiger partial charge in [0.15, 0.2) is 5.13 Å². The fraction of sp³-hybridized carbons (Fsp3) is 0.391. The van der Waals surface area contributed by atoms with Crippen LogP contribution in [0, 0.1) is 13.8 Å². The lowest BCUT2D eigenvalue weighted by Crippen LogP contribution is -2.39. The number of aromatic nitrogens is 1. The van der Waals surface area contributed by atoms with Crippen molar-refractivity contribution in [3.8, 4) is 0 Å². The highest BCUT2D eigenvalue weighted by atomic mass is 35.5. The number of nitrogens with zero attached hydrogens (tertiary/aromatic N) is 3. The van der Waals surface area contributed by atoms with Crippen molar-refractivity contribution in [3.05, 3.63) is 58.1 Å². The molecule has 0 radical (unpaired) electrons. The van der Waals surface area contributed by atoms with E-state index < -0.39 is 0 Å². The molecule has 0 saturated heterocycles. The van der Waals surface area contributed by atoms with Crippen molar-refractivity contribution >= 4 is 44.2 Å². The van der Waals surface area contributed by atoms with Crippen molar-refractivity contribution in [1.82, 2.24) is 9.88 Å². The fourth-order valence-electron chi connectivity index (χ4n) is 3.36. The first-order valence-corrected chi connectivity index (χ1v) is 11.3. The third-order valence-electron chi connectivity index (χ3n) is 5.25. The molecule has 0 aliphatic carbocycles. The van der Waals surface area contributed by atoms with Gasteiger partial charge >= 0.3 is 0 Å². The zero-order chi connectivity index (χ0) is 21.0. The summed E-state index contributed by atoms with van der Waals surface area (Å²) in [6.07, 6.45) is 0.377. The van der Waals surface area contributed by atoms with Gasteiger partial charge in [-0.1, -0.05) is 60.5 Å². The van der Waals surface area contributed by atoms with E-state index in [0.29, 0.717) is 18.0 Å². The highest BCUT2D eigenvalue weighted by molar-refractivity contribution is 7.22. The van der Waals surface area contributed by atoms with Gasteiger partial charge in [0.2, 0.25) is 5.91 Å². The second-order valence-corrected chi connectivity index (χ2v) is 8.73. The largest absolute Gasteiger partial charge is 0.302 e. The minimum atomic E-state index is 0.0796. The van der Waals surface area contributed by atoms with E-state index in [0.717, 1.165) is 46.1 Å². The number of aryl methyl sites for hydroxylation is 2. The molecule has 1 heterocycles. The Kier molecular flexibility index (Phi) is 7.28. The number of anilines is 1. The highest BCUT2D eigenvalue weighted by Gasteiger charge is 2.21. The molecule has 0 aliphatic heterocycles. The van der Waals surface area contributed by atoms with Gasteiger partial charge in [-0.2, -0.15) is 0 Å². The molecule has 0 bridgehead atoms. The maximum Gasteiger partial charge on any atom is 0.233 e. The Morgan fingerprint density at radius 3 is 2.55 bits per heavy atom. The molecule has 4 nitrogen and oxygen atoms in total. The van der Waals surface area contributed by atoms with Crippen molar-refractivity contribution in [2.24, 2.45) is 0 Å². The average molecular weight is 430 g/mol. The smallest absolute Gasteiger partial charge is 0.233 e. The number of hydrogen-bond acceptors (Lipinski definition) is 4. The number of hydrogen-bond donors (Lipinski definition) is 0. The van der Waals surface area contributed by atoms with Gasteiger partial charge in [0.1, 0.15) is 0 Å². The van der Waals surface area contributed by atoms with Crippen molar-refractivity contribution < 1.29 is 4.79 Å². The summed E-state index contributed by atoms with van der Waals surface area (Å²) >= 11 is 7.67. The Bertz CT molecular complexity index is 997. The highest BCUT2D eigenvalue weighted by Crippen LogP contribution is 2.31. The summed E-state index contributed by atoms with van der Waals surface area (Å²) in [6.45, 7) is 11.8. The van der Waals surface area contributed by atoms with Crippen molar-refractivity contribution in [2.75, 3.05) is 31.1 Å². The zero-order valence-electron chi connectivity index (χ0n) is 17.5. The van der Waals surface area contributed by atoms with Crippen LogP contribution in [0.1, 0.15) is 30.5 Å². The Balaban J connectivity index is 1.90. The van der Waals surface area contributed by atoms with Gasteiger partial charge in [0.05, 0.1) is 16.6 Å². The van der Waals surface area contributed by atoms with Crippen LogP contribution in [0.25, 0.3) is 10.2 Å². The first-order valence-electron chi connectivity index (χ1n) is 10.1. The molecular weight excluding hydrogens is 402 g/mol. The Morgan fingerprint density at radius 1 is 1.07 bits per heavy atom. The summed E-state index contributed by atoms with van der Waals surface area (Å²) in [4.78, 5) is 22.3. The number of carbonyl (C=O) groups excluding carboxylic acids is 1. The van der Waals surface area contributed by atoms with Crippen LogP contribution in [0.15, 0.2) is 36.4 Å². The van der Waals surface area contributed by atoms with E-state index in [2.05, 4.69) is 50.8 Å². The average Bonchev–Trinajstić information content (AvgIpc) is 3.10. The van der Waals surface area contributed by atoms with Crippen LogP contribution >= 0.6 is 22.9 Å². The number of thiazole rings is 1. The topological polar surface area (TPSA) is 36.4 Å². The minimum Gasteiger partial charge on any atom is -0.302 e. The number of rotatable bonds is 8. The molecule has 0 saturated carbocycles. The molecule has 1 aromatic heterocycles. The van der Waals surface area contributed by atoms with Gasteiger partial charge in [-0.05, 0) is 56.3 Å². The number of amides is 1. The molecule has 154 valence electrons. The lowest BCUT2D eigenvalue weighted by atomic mass is 10.0. The summed E-state index contributed by atoms with van der Waals surface area (Å²) in [5.74, 6) is 0.0796. The van der Waals surface area contributed by atoms with Crippen molar-refractivity contribution in [3.63, 3.8) is 0 Å². The molecule has 0 spiro atoms. The molecule has 3 rings (SSSR count). The van der Waals surface area contributed by atoms with E-state index in [9.17, 15) is 4.79 Å². The second-order valence-electron chi connectivity index (χ2n) is 7.29. The summed E-state index contributed by atoms with van der Waals surface area (Å²) in [7, 11) is 0. The van der Waals surface area contributed by atoms with Gasteiger partial charge in [0, 0.05) is 18.1 Å². The van der Waals surface area contributed by atoms with Crippen LogP contribution in [0.5, 0.6) is 0 Å². The SMILES string of the molecule is CCN(CC)CCN(C(=O)Cc1cc(C)ccc1C)c1nc2ccc(Cl)cc2s1. The van der Waals surface area contributed by atoms with Crippen LogP contribution in [-0.2, 0) is 11.2 Å². The molecule has 0 fully saturated rings. The second kappa shape index (κ2) is 9.70. The van der Waals surface area contributed by atoms with Crippen LogP contribution in [-0.4, -0.2) is 42.0 Å². The van der Waals surface area contributed by atoms with Crippen LogP contribution < -0.4 is 4.90 Å². The predicted molar refractivity (Wildman–Crippen MR) is 124 cm³/mol. The Labute approximate surface area is 182 Å². The lowest BCUT2D eigenvalue weighted by Gasteiger charge is -2.25. The first-order chi connectivity index (χ1) is 13.9. The maximum absolute atomic E-state index is 13.4. The molecule has 29 heavy (non-hydrogen) atoms. The number of fused-ring (bicyclic) bond motifs is 1. The molecule has 0 atom stereocenters. The molecule has 1 amide bonds. The van der Waals surface area contributed by atoms with Gasteiger partial charge in [-0.3, -0.25) is 9.69 Å². The Morgan fingerprint density at radius 2 is 1.83 bits per heavy atom. The summed E-state index contributed by atoms with van der Waals surface area (Å²) in [5.41, 5.74) is 4.26. The van der Waals surface area contributed by atoms with Crippen molar-refractivity contribution in [2.45, 2.75) is 34.1 Å². The van der Waals surface area contributed by atoms with E-state index in [1.54, 1.807) is 0 Å². The van der Waals surface area contributed by atoms with Gasteiger partial charge in [0.25, 0.3) is 0 Å². The number of halogens is 1. The monoisotopic (exact) mass is 429 g/mol. The van der Waals surface area contributed by atoms with E-state index in [4.69, 9.17) is 16.6 Å². The minimum absolute atomic E-state index is 0.0796. The first kappa shape index (κ1) is 21.8. The maximum atomic E-state index is 13.4. The van der Waals surface area contributed by atoms with Gasteiger partial charge in [-0.25, -0.2) is 4.98 Å². The fourth-order valence-corrected chi connectivity index (χ4v) is 4.64. The lowest BCUT2D eigenvalue weighted by molar-refractivity contribution is -0.118. The standard InChI is InChI=1S/C23H28ClN3OS/c1-5-26(6-2)11-12-27(22(28)14-18-13-16(3)7-8-17(18)4)23-25-20-10-9-19(24)15-21(20)29-23/h7-10,13,15H,5-6,11-12,14H2,1-4H3. The van der Waals surface area contributed by atoms with Gasteiger partial charge in [-0.15, -0.1) is 0 Å². The summed E-state index contributed by atoms with van der Waals surface area (Å²) < 4.78 is 1.000. The van der Waals surface area contributed by atoms with Crippen LogP contribution in [0.2, 0.25) is 5.02 Å². The molecule has 0 aliphatic rings. The normalized spacial score (nSPS) is 11.4. The molecule has 2 aromatic carbocycles. The third-order valence-corrected chi connectivity index (χ3v) is 6.53. The third kappa shape index (κ3) is 5.35. The molecule has 0 unspecified atom stereocenters. The van der Waals surface area contributed by atoms with Gasteiger partial charge < -0.3 is 4.90 Å². The summed E-state index contributed by atoms with van der Waals surface area (Å²) in [6, 6.07) is 11.9. The number of likely N-dealkylation sites (N-methyl/N-ethyl adjacent to an activating group) is 1. The van der Waals surface area contributed by atoms with Crippen LogP contribution in [0.3, 0.4) is 0 Å². The molecule has 6 heteroatoms. The van der Waals surface area contributed by atoms with E-state index in [-0.39, 0.29) is 5.91 Å².